The Bertz CT molecular complexity index is 575. The molecule has 0 radical (unpaired) electrons. The topological polar surface area (TPSA) is 62.7 Å². The van der Waals surface area contributed by atoms with Gasteiger partial charge in [0.05, 0.1) is 6.07 Å². The normalized spacial score (nSPS) is 10.4. The summed E-state index contributed by atoms with van der Waals surface area (Å²) in [4.78, 5) is 4.35. The van der Waals surface area contributed by atoms with Crippen LogP contribution in [-0.4, -0.2) is 10.1 Å². The first-order valence-corrected chi connectivity index (χ1v) is 6.43. The van der Waals surface area contributed by atoms with Crippen LogP contribution < -0.4 is 0 Å². The van der Waals surface area contributed by atoms with Crippen LogP contribution in [0, 0.1) is 25.2 Å². The number of nitriles is 1. The van der Waals surface area contributed by atoms with Gasteiger partial charge in [-0.15, -0.1) is 0 Å². The molecule has 0 unspecified atom stereocenters. The summed E-state index contributed by atoms with van der Waals surface area (Å²) >= 11 is 0. The van der Waals surface area contributed by atoms with Gasteiger partial charge < -0.3 is 4.52 Å². The first-order valence-electron chi connectivity index (χ1n) is 6.43. The summed E-state index contributed by atoms with van der Waals surface area (Å²) in [6.45, 7) is 4.17. The molecule has 1 aromatic heterocycles. The molecule has 0 aliphatic carbocycles. The molecule has 1 heterocycles. The lowest BCUT2D eigenvalue weighted by atomic mass is 10.1. The zero-order valence-electron chi connectivity index (χ0n) is 11.3. The van der Waals surface area contributed by atoms with E-state index in [9.17, 15) is 0 Å². The van der Waals surface area contributed by atoms with Gasteiger partial charge in [-0.25, -0.2) is 0 Å². The third-order valence-corrected chi connectivity index (χ3v) is 2.83. The largest absolute Gasteiger partial charge is 0.339 e. The zero-order valence-corrected chi connectivity index (χ0v) is 11.3. The molecule has 4 nitrogen and oxygen atoms in total. The number of hydrogen-bond donors (Lipinski definition) is 0. The summed E-state index contributed by atoms with van der Waals surface area (Å²) < 4.78 is 5.17. The molecule has 0 N–H and O–H groups in total. The maximum absolute atomic E-state index is 8.48. The third-order valence-electron chi connectivity index (χ3n) is 2.83. The highest BCUT2D eigenvalue weighted by Crippen LogP contribution is 2.13. The Labute approximate surface area is 113 Å². The van der Waals surface area contributed by atoms with Crippen LogP contribution in [0.15, 0.2) is 22.7 Å². The van der Waals surface area contributed by atoms with Crippen LogP contribution in [-0.2, 0) is 12.8 Å². The number of unbranched alkanes of at least 4 members (excludes halogenated alkanes) is 1. The maximum atomic E-state index is 8.48. The first-order chi connectivity index (χ1) is 9.17. The molecule has 1 aromatic carbocycles. The van der Waals surface area contributed by atoms with Crippen molar-refractivity contribution in [3.8, 4) is 6.07 Å². The summed E-state index contributed by atoms with van der Waals surface area (Å²) in [7, 11) is 0. The molecule has 0 aliphatic rings. The Balaban J connectivity index is 2.01. The number of rotatable bonds is 5. The van der Waals surface area contributed by atoms with Crippen molar-refractivity contribution in [2.75, 3.05) is 0 Å². The van der Waals surface area contributed by atoms with E-state index in [1.165, 1.54) is 16.7 Å². The number of hydrogen-bond acceptors (Lipinski definition) is 4. The molecular weight excluding hydrogens is 238 g/mol. The molecule has 0 bridgehead atoms. The lowest BCUT2D eigenvalue weighted by Crippen LogP contribution is -1.93. The molecule has 0 atom stereocenters. The second-order valence-corrected chi connectivity index (χ2v) is 4.79. The summed E-state index contributed by atoms with van der Waals surface area (Å²) in [5, 5.41) is 12.5. The van der Waals surface area contributed by atoms with Crippen molar-refractivity contribution in [1.29, 1.82) is 5.26 Å². The molecule has 19 heavy (non-hydrogen) atoms. The third kappa shape index (κ3) is 3.92. The number of aromatic nitrogens is 2. The summed E-state index contributed by atoms with van der Waals surface area (Å²) in [5.74, 6) is 1.33. The van der Waals surface area contributed by atoms with Crippen LogP contribution in [0.5, 0.6) is 0 Å². The minimum Gasteiger partial charge on any atom is -0.339 e. The van der Waals surface area contributed by atoms with Crippen molar-refractivity contribution in [1.82, 2.24) is 10.1 Å². The molecule has 0 fully saturated rings. The standard InChI is InChI=1S/C15H17N3O/c1-11-7-12(2)9-13(8-11)10-14-17-15(19-18-14)5-3-4-6-16/h7-9H,3-5,10H2,1-2H3. The minimum absolute atomic E-state index is 0.523. The van der Waals surface area contributed by atoms with Crippen LogP contribution in [0.4, 0.5) is 0 Å². The summed E-state index contributed by atoms with van der Waals surface area (Å²) in [6.07, 6.45) is 2.65. The van der Waals surface area contributed by atoms with Gasteiger partial charge in [0.25, 0.3) is 0 Å². The first kappa shape index (κ1) is 13.3. The Morgan fingerprint density at radius 3 is 2.63 bits per heavy atom. The predicted octanol–water partition coefficient (Wildman–Crippen LogP) is 3.12. The quantitative estimate of drug-likeness (QED) is 0.770. The molecule has 0 saturated heterocycles. The van der Waals surface area contributed by atoms with Gasteiger partial charge in [-0.3, -0.25) is 0 Å². The van der Waals surface area contributed by atoms with Gasteiger partial charge in [0, 0.05) is 19.3 Å². The van der Waals surface area contributed by atoms with Crippen LogP contribution in [0.25, 0.3) is 0 Å². The SMILES string of the molecule is Cc1cc(C)cc(Cc2noc(CCCC#N)n2)c1. The molecule has 0 saturated carbocycles. The van der Waals surface area contributed by atoms with Gasteiger partial charge in [0.15, 0.2) is 5.82 Å². The maximum Gasteiger partial charge on any atom is 0.226 e. The molecule has 0 spiro atoms. The van der Waals surface area contributed by atoms with E-state index in [0.717, 1.165) is 6.42 Å². The van der Waals surface area contributed by atoms with E-state index in [-0.39, 0.29) is 0 Å². The van der Waals surface area contributed by atoms with Crippen molar-refractivity contribution < 1.29 is 4.52 Å². The number of aryl methyl sites for hydroxylation is 3. The van der Waals surface area contributed by atoms with Gasteiger partial charge in [-0.2, -0.15) is 10.2 Å². The highest BCUT2D eigenvalue weighted by molar-refractivity contribution is 5.30. The zero-order chi connectivity index (χ0) is 13.7. The Hall–Kier alpha value is -2.15. The van der Waals surface area contributed by atoms with Crippen LogP contribution in [0.1, 0.15) is 41.2 Å². The van der Waals surface area contributed by atoms with Crippen LogP contribution in [0.3, 0.4) is 0 Å². The highest BCUT2D eigenvalue weighted by atomic mass is 16.5. The second kappa shape index (κ2) is 6.14. The van der Waals surface area contributed by atoms with E-state index >= 15 is 0 Å². The van der Waals surface area contributed by atoms with Gasteiger partial charge in [0.1, 0.15) is 0 Å². The number of nitrogens with zero attached hydrogens (tertiary/aromatic N) is 3. The molecule has 2 aromatic rings. The molecule has 2 rings (SSSR count). The van der Waals surface area contributed by atoms with Crippen LogP contribution >= 0.6 is 0 Å². The fourth-order valence-corrected chi connectivity index (χ4v) is 2.14. The minimum atomic E-state index is 0.523. The van der Waals surface area contributed by atoms with Gasteiger partial charge in [-0.05, 0) is 25.8 Å². The second-order valence-electron chi connectivity index (χ2n) is 4.79. The lowest BCUT2D eigenvalue weighted by molar-refractivity contribution is 0.371. The van der Waals surface area contributed by atoms with E-state index < -0.39 is 0 Å². The van der Waals surface area contributed by atoms with Crippen molar-refractivity contribution in [3.63, 3.8) is 0 Å². The average molecular weight is 255 g/mol. The van der Waals surface area contributed by atoms with E-state index in [0.29, 0.717) is 31.0 Å². The van der Waals surface area contributed by atoms with Gasteiger partial charge in [0.2, 0.25) is 5.89 Å². The molecule has 4 heteroatoms. The monoisotopic (exact) mass is 255 g/mol. The lowest BCUT2D eigenvalue weighted by Gasteiger charge is -2.01. The number of benzene rings is 1. The van der Waals surface area contributed by atoms with Gasteiger partial charge in [-0.1, -0.05) is 34.5 Å². The molecule has 0 aliphatic heterocycles. The predicted molar refractivity (Wildman–Crippen MR) is 71.6 cm³/mol. The fourth-order valence-electron chi connectivity index (χ4n) is 2.14. The van der Waals surface area contributed by atoms with Crippen molar-refractivity contribution in [3.05, 3.63) is 46.6 Å². The molecule has 0 amide bonds. The average Bonchev–Trinajstić information content (AvgIpc) is 2.76. The van der Waals surface area contributed by atoms with E-state index in [1.807, 2.05) is 0 Å². The van der Waals surface area contributed by atoms with Gasteiger partial charge >= 0.3 is 0 Å². The highest BCUT2D eigenvalue weighted by Gasteiger charge is 2.07. The Morgan fingerprint density at radius 2 is 1.95 bits per heavy atom. The van der Waals surface area contributed by atoms with Crippen molar-refractivity contribution >= 4 is 0 Å². The van der Waals surface area contributed by atoms with E-state index in [2.05, 4.69) is 48.3 Å². The summed E-state index contributed by atoms with van der Waals surface area (Å²) in [6, 6.07) is 8.53. The van der Waals surface area contributed by atoms with E-state index in [4.69, 9.17) is 9.78 Å². The molecule has 98 valence electrons. The van der Waals surface area contributed by atoms with Crippen molar-refractivity contribution in [2.24, 2.45) is 0 Å². The summed E-state index contributed by atoms with van der Waals surface area (Å²) in [5.41, 5.74) is 3.68. The van der Waals surface area contributed by atoms with E-state index in [1.54, 1.807) is 0 Å². The Kier molecular flexibility index (Phi) is 4.30. The smallest absolute Gasteiger partial charge is 0.226 e. The van der Waals surface area contributed by atoms with Crippen molar-refractivity contribution in [2.45, 2.75) is 39.5 Å². The Morgan fingerprint density at radius 1 is 1.21 bits per heavy atom. The molecular formula is C15H17N3O. The fraction of sp³-hybridized carbons (Fsp3) is 0.400. The van der Waals surface area contributed by atoms with Crippen LogP contribution in [0.2, 0.25) is 0 Å².